The Morgan fingerprint density at radius 1 is 1.31 bits per heavy atom. The molecule has 1 atom stereocenters. The lowest BCUT2D eigenvalue weighted by Crippen LogP contribution is -2.20. The normalized spacial score (nSPS) is 11.2. The average Bonchev–Trinajstić information content (AvgIpc) is 2.17. The van der Waals surface area contributed by atoms with Crippen LogP contribution in [0.1, 0.15) is 17.2 Å². The molecule has 4 N–H and O–H groups in total. The van der Waals surface area contributed by atoms with Crippen LogP contribution in [-0.2, 0) is 0 Å². The lowest BCUT2D eigenvalue weighted by molar-refractivity contribution is 0.737. The lowest BCUT2D eigenvalue weighted by Gasteiger charge is -2.07. The van der Waals surface area contributed by atoms with Gasteiger partial charge in [0.1, 0.15) is 0 Å². The Morgan fingerprint density at radius 3 is 2.23 bits per heavy atom. The van der Waals surface area contributed by atoms with E-state index in [1.54, 1.807) is 12.1 Å². The fraction of sp³-hybridized carbons (Fsp3) is 0.222. The molecule has 3 nitrogen and oxygen atoms in total. The third-order valence-electron chi connectivity index (χ3n) is 1.72. The third-order valence-corrected chi connectivity index (χ3v) is 1.72. The van der Waals surface area contributed by atoms with E-state index in [2.05, 4.69) is 0 Å². The molecule has 0 heterocycles. The van der Waals surface area contributed by atoms with Crippen molar-refractivity contribution in [2.24, 2.45) is 11.5 Å². The minimum Gasteiger partial charge on any atom is -0.329 e. The Labute approximate surface area is 83.8 Å². The van der Waals surface area contributed by atoms with Gasteiger partial charge in [0.15, 0.2) is 0 Å². The van der Waals surface area contributed by atoms with Gasteiger partial charge in [-0.15, -0.1) is 12.4 Å². The molecule has 1 aromatic carbocycles. The van der Waals surface area contributed by atoms with Crippen LogP contribution in [0.3, 0.4) is 0 Å². The Bertz CT molecular complexity index is 289. The number of hydrogen-bond donors (Lipinski definition) is 2. The first-order chi connectivity index (χ1) is 5.77. The summed E-state index contributed by atoms with van der Waals surface area (Å²) >= 11 is 0. The molecular formula is C9H12ClN3. The van der Waals surface area contributed by atoms with Crippen molar-refractivity contribution in [2.45, 2.75) is 6.04 Å². The van der Waals surface area contributed by atoms with Gasteiger partial charge in [-0.05, 0) is 17.7 Å². The molecule has 0 bridgehead atoms. The number of nitrogens with zero attached hydrogens (tertiary/aromatic N) is 1. The lowest BCUT2D eigenvalue weighted by atomic mass is 10.1. The highest BCUT2D eigenvalue weighted by Crippen LogP contribution is 2.09. The van der Waals surface area contributed by atoms with Crippen LogP contribution >= 0.6 is 12.4 Å². The zero-order valence-electron chi connectivity index (χ0n) is 7.10. The van der Waals surface area contributed by atoms with E-state index in [0.29, 0.717) is 12.1 Å². The Kier molecular flexibility index (Phi) is 5.09. The molecule has 1 aromatic rings. The number of nitrogens with two attached hydrogens (primary N) is 2. The molecule has 0 aliphatic heterocycles. The van der Waals surface area contributed by atoms with Crippen LogP contribution < -0.4 is 11.5 Å². The van der Waals surface area contributed by atoms with Crippen molar-refractivity contribution in [2.75, 3.05) is 6.54 Å². The molecule has 13 heavy (non-hydrogen) atoms. The molecule has 0 spiro atoms. The maximum atomic E-state index is 8.52. The van der Waals surface area contributed by atoms with Gasteiger partial charge >= 0.3 is 0 Å². The molecule has 0 aromatic heterocycles. The molecule has 0 fully saturated rings. The van der Waals surface area contributed by atoms with Crippen LogP contribution in [-0.4, -0.2) is 6.54 Å². The number of benzene rings is 1. The zero-order chi connectivity index (χ0) is 8.97. The van der Waals surface area contributed by atoms with Crippen LogP contribution in [0.2, 0.25) is 0 Å². The summed E-state index contributed by atoms with van der Waals surface area (Å²) in [4.78, 5) is 0. The summed E-state index contributed by atoms with van der Waals surface area (Å²) in [7, 11) is 0. The highest BCUT2D eigenvalue weighted by atomic mass is 35.5. The van der Waals surface area contributed by atoms with Crippen molar-refractivity contribution in [3.05, 3.63) is 35.4 Å². The number of hydrogen-bond acceptors (Lipinski definition) is 3. The molecule has 1 rings (SSSR count). The summed E-state index contributed by atoms with van der Waals surface area (Å²) in [5.41, 5.74) is 12.7. The monoisotopic (exact) mass is 197 g/mol. The van der Waals surface area contributed by atoms with Gasteiger partial charge in [0, 0.05) is 12.6 Å². The van der Waals surface area contributed by atoms with Gasteiger partial charge in [0.25, 0.3) is 0 Å². The Morgan fingerprint density at radius 2 is 1.85 bits per heavy atom. The molecule has 0 amide bonds. The van der Waals surface area contributed by atoms with Crippen LogP contribution in [0.15, 0.2) is 24.3 Å². The van der Waals surface area contributed by atoms with Gasteiger partial charge in [-0.1, -0.05) is 12.1 Å². The molecule has 0 aliphatic carbocycles. The summed E-state index contributed by atoms with van der Waals surface area (Å²) in [5.74, 6) is 0. The predicted octanol–water partition coefficient (Wildman–Crippen LogP) is 0.939. The smallest absolute Gasteiger partial charge is 0.0991 e. The molecule has 0 aliphatic rings. The van der Waals surface area contributed by atoms with Gasteiger partial charge < -0.3 is 11.5 Å². The van der Waals surface area contributed by atoms with Crippen molar-refractivity contribution >= 4 is 12.4 Å². The number of nitriles is 1. The van der Waals surface area contributed by atoms with E-state index >= 15 is 0 Å². The van der Waals surface area contributed by atoms with E-state index in [1.807, 2.05) is 18.2 Å². The van der Waals surface area contributed by atoms with Gasteiger partial charge in [-0.25, -0.2) is 0 Å². The molecule has 0 saturated carbocycles. The van der Waals surface area contributed by atoms with E-state index < -0.39 is 0 Å². The summed E-state index contributed by atoms with van der Waals surface area (Å²) in [5, 5.41) is 8.52. The second-order valence-corrected chi connectivity index (χ2v) is 2.58. The molecule has 0 radical (unpaired) electrons. The largest absolute Gasteiger partial charge is 0.329 e. The molecule has 0 saturated heterocycles. The van der Waals surface area contributed by atoms with Crippen LogP contribution in [0, 0.1) is 11.3 Å². The molecule has 4 heteroatoms. The molecule has 1 unspecified atom stereocenters. The highest BCUT2D eigenvalue weighted by Gasteiger charge is 2.01. The third kappa shape index (κ3) is 3.03. The fourth-order valence-corrected chi connectivity index (χ4v) is 0.941. The van der Waals surface area contributed by atoms with Crippen molar-refractivity contribution in [1.82, 2.24) is 0 Å². The maximum absolute atomic E-state index is 8.52. The van der Waals surface area contributed by atoms with E-state index in [4.69, 9.17) is 16.7 Å². The summed E-state index contributed by atoms with van der Waals surface area (Å²) in [6.45, 7) is 0.423. The predicted molar refractivity (Wildman–Crippen MR) is 54.4 cm³/mol. The second kappa shape index (κ2) is 5.55. The zero-order valence-corrected chi connectivity index (χ0v) is 7.92. The van der Waals surface area contributed by atoms with Crippen molar-refractivity contribution in [1.29, 1.82) is 5.26 Å². The second-order valence-electron chi connectivity index (χ2n) is 2.58. The van der Waals surface area contributed by atoms with E-state index in [0.717, 1.165) is 5.56 Å². The van der Waals surface area contributed by atoms with E-state index in [9.17, 15) is 0 Å². The van der Waals surface area contributed by atoms with Crippen LogP contribution in [0.4, 0.5) is 0 Å². The minimum absolute atomic E-state index is 0. The van der Waals surface area contributed by atoms with Gasteiger partial charge in [-0.3, -0.25) is 0 Å². The molecule has 70 valence electrons. The van der Waals surface area contributed by atoms with E-state index in [1.165, 1.54) is 0 Å². The van der Waals surface area contributed by atoms with Crippen molar-refractivity contribution in [3.63, 3.8) is 0 Å². The Hall–Kier alpha value is -1.08. The van der Waals surface area contributed by atoms with E-state index in [-0.39, 0.29) is 18.4 Å². The topological polar surface area (TPSA) is 75.8 Å². The van der Waals surface area contributed by atoms with Crippen LogP contribution in [0.5, 0.6) is 0 Å². The minimum atomic E-state index is -0.127. The first kappa shape index (κ1) is 11.9. The van der Waals surface area contributed by atoms with Crippen LogP contribution in [0.25, 0.3) is 0 Å². The van der Waals surface area contributed by atoms with Gasteiger partial charge in [-0.2, -0.15) is 5.26 Å². The maximum Gasteiger partial charge on any atom is 0.0991 e. The first-order valence-electron chi connectivity index (χ1n) is 3.73. The van der Waals surface area contributed by atoms with Gasteiger partial charge in [0.05, 0.1) is 11.6 Å². The average molecular weight is 198 g/mol. The number of halogens is 1. The quantitative estimate of drug-likeness (QED) is 0.741. The molecular weight excluding hydrogens is 186 g/mol. The first-order valence-corrected chi connectivity index (χ1v) is 3.73. The summed E-state index contributed by atoms with van der Waals surface area (Å²) in [6.07, 6.45) is 0. The van der Waals surface area contributed by atoms with Gasteiger partial charge in [0.2, 0.25) is 0 Å². The van der Waals surface area contributed by atoms with Crippen molar-refractivity contribution in [3.8, 4) is 6.07 Å². The van der Waals surface area contributed by atoms with Crippen molar-refractivity contribution < 1.29 is 0 Å². The fourth-order valence-electron chi connectivity index (χ4n) is 0.941. The number of rotatable bonds is 2. The SMILES string of the molecule is Cl.N#Cc1ccc(C(N)CN)cc1. The standard InChI is InChI=1S/C9H11N3.ClH/c10-5-7-1-3-8(4-2-7)9(12)6-11;/h1-4,9H,6,11-12H2;1H. The highest BCUT2D eigenvalue weighted by molar-refractivity contribution is 5.85. The Balaban J connectivity index is 0.00000144. The summed E-state index contributed by atoms with van der Waals surface area (Å²) in [6, 6.07) is 9.05. The summed E-state index contributed by atoms with van der Waals surface area (Å²) < 4.78 is 0.